The maximum absolute atomic E-state index is 13.0. The largest absolute Gasteiger partial charge is 0.385 e. The maximum Gasteiger partial charge on any atom is 0.325 e. The molecule has 10 heteroatoms. The highest BCUT2D eigenvalue weighted by molar-refractivity contribution is 5.97. The molecule has 36 heavy (non-hydrogen) atoms. The molecule has 1 fully saturated rings. The van der Waals surface area contributed by atoms with Crippen LogP contribution in [0.3, 0.4) is 0 Å². The van der Waals surface area contributed by atoms with E-state index in [0.717, 1.165) is 43.5 Å². The minimum absolute atomic E-state index is 0.0590. The normalized spacial score (nSPS) is 13.7. The molecular weight excluding hydrogens is 458 g/mol. The number of aromatic nitrogens is 1. The van der Waals surface area contributed by atoms with E-state index in [0.29, 0.717) is 30.2 Å². The zero-order chi connectivity index (χ0) is 25.8. The number of pyridine rings is 1. The molecule has 190 valence electrons. The van der Waals surface area contributed by atoms with Gasteiger partial charge in [0.1, 0.15) is 11.9 Å². The van der Waals surface area contributed by atoms with Gasteiger partial charge in [-0.15, -0.1) is 0 Å². The van der Waals surface area contributed by atoms with Gasteiger partial charge in [-0.05, 0) is 49.6 Å². The van der Waals surface area contributed by atoms with Crippen molar-refractivity contribution in [1.29, 1.82) is 5.26 Å². The third-order valence-electron chi connectivity index (χ3n) is 6.03. The Bertz CT molecular complexity index is 1090. The number of methoxy groups -OCH3 is 1. The third kappa shape index (κ3) is 7.78. The van der Waals surface area contributed by atoms with E-state index in [1.54, 1.807) is 31.2 Å². The number of hydrogen-bond acceptors (Lipinski definition) is 7. The van der Waals surface area contributed by atoms with Crippen LogP contribution in [0.5, 0.6) is 0 Å². The molecule has 0 bridgehead atoms. The van der Waals surface area contributed by atoms with Gasteiger partial charge in [0.05, 0.1) is 23.3 Å². The summed E-state index contributed by atoms with van der Waals surface area (Å²) >= 11 is 0. The number of urea groups is 1. The molecule has 3 rings (SSSR count). The number of aliphatic imine (C=N–C) groups is 1. The Morgan fingerprint density at radius 2 is 2.06 bits per heavy atom. The summed E-state index contributed by atoms with van der Waals surface area (Å²) in [4.78, 5) is 35.4. The molecule has 3 N–H and O–H groups in total. The predicted octanol–water partition coefficient (Wildman–Crippen LogP) is 4.43. The van der Waals surface area contributed by atoms with Crippen LogP contribution >= 0.6 is 0 Å². The maximum atomic E-state index is 13.0. The summed E-state index contributed by atoms with van der Waals surface area (Å²) in [5.74, 6) is 0.492. The zero-order valence-corrected chi connectivity index (χ0v) is 20.8. The number of amides is 3. The van der Waals surface area contributed by atoms with Crippen LogP contribution in [-0.4, -0.2) is 50.6 Å². The van der Waals surface area contributed by atoms with Crippen molar-refractivity contribution in [2.75, 3.05) is 42.8 Å². The summed E-state index contributed by atoms with van der Waals surface area (Å²) in [6, 6.07) is 10.2. The highest BCUT2D eigenvalue weighted by atomic mass is 16.5. The summed E-state index contributed by atoms with van der Waals surface area (Å²) in [5.41, 5.74) is 2.51. The molecule has 0 atom stereocenters. The minimum atomic E-state index is -0.522. The van der Waals surface area contributed by atoms with Crippen molar-refractivity contribution in [3.05, 3.63) is 42.1 Å². The molecule has 1 heterocycles. The van der Waals surface area contributed by atoms with Crippen LogP contribution in [0.15, 0.2) is 41.5 Å². The lowest BCUT2D eigenvalue weighted by molar-refractivity contribution is -0.123. The third-order valence-corrected chi connectivity index (χ3v) is 6.03. The Balaban J connectivity index is 1.70. The van der Waals surface area contributed by atoms with Gasteiger partial charge in [0.2, 0.25) is 5.91 Å². The van der Waals surface area contributed by atoms with E-state index in [1.165, 1.54) is 19.0 Å². The van der Waals surface area contributed by atoms with Crippen LogP contribution in [0.2, 0.25) is 0 Å². The number of carbonyl (C=O) groups is 2. The number of carbonyl (C=O) groups excluding carboxylic acids is 2. The van der Waals surface area contributed by atoms with E-state index >= 15 is 0 Å². The van der Waals surface area contributed by atoms with Crippen molar-refractivity contribution in [3.8, 4) is 6.07 Å². The second-order valence-electron chi connectivity index (χ2n) is 8.61. The van der Waals surface area contributed by atoms with Crippen LogP contribution in [0, 0.1) is 17.2 Å². The fourth-order valence-corrected chi connectivity index (χ4v) is 4.02. The molecule has 1 aliphatic carbocycles. The molecule has 0 unspecified atom stereocenters. The van der Waals surface area contributed by atoms with Gasteiger partial charge in [0, 0.05) is 45.1 Å². The van der Waals surface area contributed by atoms with Gasteiger partial charge in [-0.3, -0.25) is 15.4 Å². The number of ether oxygens (including phenoxy) is 1. The SMILES string of the molecule is COCCCNc1ccc(N(C)C(=O)C2CCCCC2)cc1N=CNC(=O)Nc1ccc(C#N)cn1. The average Bonchev–Trinajstić information content (AvgIpc) is 2.91. The molecule has 2 aromatic rings. The van der Waals surface area contributed by atoms with Crippen LogP contribution in [0.1, 0.15) is 44.1 Å². The Morgan fingerprint density at radius 1 is 1.25 bits per heavy atom. The van der Waals surface area contributed by atoms with Gasteiger partial charge in [-0.2, -0.15) is 5.26 Å². The van der Waals surface area contributed by atoms with Crippen molar-refractivity contribution < 1.29 is 14.3 Å². The van der Waals surface area contributed by atoms with E-state index in [9.17, 15) is 9.59 Å². The topological polar surface area (TPSA) is 132 Å². The summed E-state index contributed by atoms with van der Waals surface area (Å²) in [6.45, 7) is 1.32. The number of hydrogen-bond donors (Lipinski definition) is 3. The molecule has 0 saturated heterocycles. The van der Waals surface area contributed by atoms with Crippen molar-refractivity contribution in [2.24, 2.45) is 10.9 Å². The van der Waals surface area contributed by atoms with Crippen molar-refractivity contribution in [2.45, 2.75) is 38.5 Å². The summed E-state index contributed by atoms with van der Waals surface area (Å²) in [6.07, 6.45) is 8.73. The van der Waals surface area contributed by atoms with Crippen molar-refractivity contribution in [1.82, 2.24) is 10.3 Å². The number of nitrogens with zero attached hydrogens (tertiary/aromatic N) is 4. The Kier molecular flexibility index (Phi) is 10.2. The molecule has 1 saturated carbocycles. The minimum Gasteiger partial charge on any atom is -0.385 e. The number of benzene rings is 1. The molecule has 3 amide bonds. The average molecular weight is 492 g/mol. The van der Waals surface area contributed by atoms with Gasteiger partial charge < -0.3 is 15.0 Å². The molecule has 0 aliphatic heterocycles. The Hall–Kier alpha value is -3.97. The first-order chi connectivity index (χ1) is 17.5. The van der Waals surface area contributed by atoms with Crippen LogP contribution in [0.25, 0.3) is 0 Å². The van der Waals surface area contributed by atoms with E-state index in [4.69, 9.17) is 10.00 Å². The molecule has 0 radical (unpaired) electrons. The monoisotopic (exact) mass is 491 g/mol. The summed E-state index contributed by atoms with van der Waals surface area (Å²) < 4.78 is 5.11. The first kappa shape index (κ1) is 26.6. The first-order valence-electron chi connectivity index (χ1n) is 12.1. The van der Waals surface area contributed by atoms with E-state index < -0.39 is 6.03 Å². The smallest absolute Gasteiger partial charge is 0.325 e. The first-order valence-corrected chi connectivity index (χ1v) is 12.1. The summed E-state index contributed by atoms with van der Waals surface area (Å²) in [5, 5.41) is 17.3. The molecule has 1 aromatic heterocycles. The highest BCUT2D eigenvalue weighted by Gasteiger charge is 2.25. The number of anilines is 3. The van der Waals surface area contributed by atoms with Crippen LogP contribution in [0.4, 0.5) is 27.7 Å². The van der Waals surface area contributed by atoms with Gasteiger partial charge in [0.25, 0.3) is 0 Å². The molecule has 10 nitrogen and oxygen atoms in total. The standard InChI is InChI=1S/C26H33N7O3/c1-33(25(34)20-7-4-3-5-8-20)21-10-11-22(28-13-6-14-36-2)23(15-21)30-18-31-26(35)32-24-12-9-19(16-27)17-29-24/h9-12,15,17-18,20,28H,3-8,13-14H2,1-2H3,(H2,29,30,31,32,35). The number of nitriles is 1. The second-order valence-corrected chi connectivity index (χ2v) is 8.61. The van der Waals surface area contributed by atoms with E-state index in [2.05, 4.69) is 25.9 Å². The Labute approximate surface area is 211 Å². The lowest BCUT2D eigenvalue weighted by atomic mass is 9.88. The van der Waals surface area contributed by atoms with Crippen molar-refractivity contribution >= 4 is 41.2 Å². The van der Waals surface area contributed by atoms with Crippen LogP contribution in [-0.2, 0) is 9.53 Å². The number of rotatable bonds is 10. The van der Waals surface area contributed by atoms with Gasteiger partial charge in [-0.1, -0.05) is 19.3 Å². The zero-order valence-electron chi connectivity index (χ0n) is 20.8. The van der Waals surface area contributed by atoms with E-state index in [-0.39, 0.29) is 11.8 Å². The molecular formula is C26H33N7O3. The fraction of sp³-hybridized carbons (Fsp3) is 0.423. The second kappa shape index (κ2) is 13.8. The summed E-state index contributed by atoms with van der Waals surface area (Å²) in [7, 11) is 3.45. The van der Waals surface area contributed by atoms with Gasteiger partial charge in [-0.25, -0.2) is 14.8 Å². The molecule has 1 aliphatic rings. The lowest BCUT2D eigenvalue weighted by Gasteiger charge is -2.27. The Morgan fingerprint density at radius 3 is 2.75 bits per heavy atom. The highest BCUT2D eigenvalue weighted by Crippen LogP contribution is 2.32. The molecule has 0 spiro atoms. The predicted molar refractivity (Wildman–Crippen MR) is 141 cm³/mol. The van der Waals surface area contributed by atoms with E-state index in [1.807, 2.05) is 24.3 Å². The van der Waals surface area contributed by atoms with Crippen molar-refractivity contribution in [3.63, 3.8) is 0 Å². The fourth-order valence-electron chi connectivity index (χ4n) is 4.02. The number of nitrogens with one attached hydrogen (secondary N) is 3. The lowest BCUT2D eigenvalue weighted by Crippen LogP contribution is -2.33. The van der Waals surface area contributed by atoms with Crippen LogP contribution < -0.4 is 20.9 Å². The quantitative estimate of drug-likeness (QED) is 0.256. The molecule has 1 aromatic carbocycles. The van der Waals surface area contributed by atoms with Gasteiger partial charge >= 0.3 is 6.03 Å². The van der Waals surface area contributed by atoms with Gasteiger partial charge in [0.15, 0.2) is 0 Å².